The summed E-state index contributed by atoms with van der Waals surface area (Å²) in [5.41, 5.74) is 1.64. The number of carbonyl (C=O) groups is 2. The van der Waals surface area contributed by atoms with Crippen molar-refractivity contribution in [2.24, 2.45) is 5.92 Å². The third kappa shape index (κ3) is 3.40. The highest BCUT2D eigenvalue weighted by Crippen LogP contribution is 2.24. The summed E-state index contributed by atoms with van der Waals surface area (Å²) >= 11 is 0. The second-order valence-electron chi connectivity index (χ2n) is 6.50. The molecular weight excluding hydrogens is 325 g/mol. The van der Waals surface area contributed by atoms with Gasteiger partial charge >= 0.3 is 5.97 Å². The van der Waals surface area contributed by atoms with Crippen molar-refractivity contribution in [1.82, 2.24) is 14.7 Å². The molecule has 1 aliphatic rings. The molecule has 0 bridgehead atoms. The van der Waals surface area contributed by atoms with E-state index in [2.05, 4.69) is 5.10 Å². The number of hydrogen-bond acceptors (Lipinski definition) is 3. The van der Waals surface area contributed by atoms with Gasteiger partial charge in [0.1, 0.15) is 5.82 Å². The molecule has 1 amide bonds. The number of rotatable bonds is 3. The Bertz CT molecular complexity index is 800. The van der Waals surface area contributed by atoms with Crippen LogP contribution in [0.5, 0.6) is 0 Å². The number of benzene rings is 1. The van der Waals surface area contributed by atoms with Crippen molar-refractivity contribution < 1.29 is 19.1 Å². The molecule has 2 unspecified atom stereocenters. The first-order chi connectivity index (χ1) is 11.9. The lowest BCUT2D eigenvalue weighted by Gasteiger charge is -2.36. The van der Waals surface area contributed by atoms with Gasteiger partial charge < -0.3 is 10.0 Å². The van der Waals surface area contributed by atoms with Gasteiger partial charge in [-0.2, -0.15) is 5.10 Å². The molecule has 2 heterocycles. The predicted molar refractivity (Wildman–Crippen MR) is 89.1 cm³/mol. The van der Waals surface area contributed by atoms with Gasteiger partial charge in [-0.25, -0.2) is 9.07 Å². The number of carboxylic acids is 1. The zero-order valence-corrected chi connectivity index (χ0v) is 14.1. The Balaban J connectivity index is 1.87. The third-order valence-corrected chi connectivity index (χ3v) is 4.68. The SMILES string of the molecule is Cc1cn(-c2ccc(F)cc2)nc1C(=O)N1CC(C(=O)O)CCC1C. The fourth-order valence-electron chi connectivity index (χ4n) is 3.13. The normalized spacial score (nSPS) is 20.5. The van der Waals surface area contributed by atoms with E-state index in [4.69, 9.17) is 0 Å². The number of hydrogen-bond donors (Lipinski definition) is 1. The van der Waals surface area contributed by atoms with E-state index >= 15 is 0 Å². The largest absolute Gasteiger partial charge is 0.481 e. The van der Waals surface area contributed by atoms with E-state index in [0.29, 0.717) is 29.8 Å². The molecule has 25 heavy (non-hydrogen) atoms. The van der Waals surface area contributed by atoms with Crippen LogP contribution in [0.2, 0.25) is 0 Å². The molecule has 1 saturated heterocycles. The van der Waals surface area contributed by atoms with Crippen molar-refractivity contribution >= 4 is 11.9 Å². The van der Waals surface area contributed by atoms with E-state index in [0.717, 1.165) is 0 Å². The molecule has 0 spiro atoms. The van der Waals surface area contributed by atoms with E-state index in [1.165, 1.54) is 16.8 Å². The fourth-order valence-corrected chi connectivity index (χ4v) is 3.13. The first kappa shape index (κ1) is 17.1. The minimum absolute atomic E-state index is 0.0292. The minimum Gasteiger partial charge on any atom is -0.481 e. The van der Waals surface area contributed by atoms with Gasteiger partial charge in [-0.05, 0) is 51.0 Å². The van der Waals surface area contributed by atoms with E-state index in [1.54, 1.807) is 30.2 Å². The highest BCUT2D eigenvalue weighted by molar-refractivity contribution is 5.94. The van der Waals surface area contributed by atoms with Crippen LogP contribution < -0.4 is 0 Å². The standard InChI is InChI=1S/C18H20FN3O3/c1-11-9-22(15-7-5-14(19)6-8-15)20-16(11)17(23)21-10-13(18(24)25)4-3-12(21)2/h5-9,12-13H,3-4,10H2,1-2H3,(H,24,25). The maximum Gasteiger partial charge on any atom is 0.308 e. The van der Waals surface area contributed by atoms with Gasteiger partial charge in [-0.1, -0.05) is 0 Å². The molecule has 1 N–H and O–H groups in total. The van der Waals surface area contributed by atoms with Crippen molar-refractivity contribution in [1.29, 1.82) is 0 Å². The number of carboxylic acid groups (broad SMARTS) is 1. The number of aliphatic carboxylic acids is 1. The summed E-state index contributed by atoms with van der Waals surface area (Å²) in [6, 6.07) is 5.80. The number of carbonyl (C=O) groups excluding carboxylic acids is 1. The van der Waals surface area contributed by atoms with Crippen molar-refractivity contribution in [3.63, 3.8) is 0 Å². The lowest BCUT2D eigenvalue weighted by atomic mass is 9.93. The molecule has 6 nitrogen and oxygen atoms in total. The number of aromatic nitrogens is 2. The molecular formula is C18H20FN3O3. The van der Waals surface area contributed by atoms with Gasteiger partial charge in [-0.15, -0.1) is 0 Å². The van der Waals surface area contributed by atoms with Gasteiger partial charge in [0, 0.05) is 24.3 Å². The first-order valence-corrected chi connectivity index (χ1v) is 8.23. The molecule has 1 aromatic heterocycles. The Morgan fingerprint density at radius 3 is 2.56 bits per heavy atom. The smallest absolute Gasteiger partial charge is 0.308 e. The van der Waals surface area contributed by atoms with E-state index in [9.17, 15) is 19.1 Å². The molecule has 1 aromatic carbocycles. The summed E-state index contributed by atoms with van der Waals surface area (Å²) in [6.45, 7) is 3.89. The molecule has 132 valence electrons. The molecule has 2 aromatic rings. The van der Waals surface area contributed by atoms with Gasteiger partial charge in [0.25, 0.3) is 5.91 Å². The van der Waals surface area contributed by atoms with Crippen LogP contribution in [0.1, 0.15) is 35.8 Å². The monoisotopic (exact) mass is 345 g/mol. The van der Waals surface area contributed by atoms with Gasteiger partial charge in [0.15, 0.2) is 5.69 Å². The second-order valence-corrected chi connectivity index (χ2v) is 6.50. The van der Waals surface area contributed by atoms with E-state index in [-0.39, 0.29) is 24.3 Å². The summed E-state index contributed by atoms with van der Waals surface area (Å²) in [7, 11) is 0. The van der Waals surface area contributed by atoms with Crippen LogP contribution >= 0.6 is 0 Å². The number of piperidine rings is 1. The van der Waals surface area contributed by atoms with Crippen LogP contribution in [0.15, 0.2) is 30.5 Å². The van der Waals surface area contributed by atoms with Crippen LogP contribution in [0.3, 0.4) is 0 Å². The zero-order chi connectivity index (χ0) is 18.1. The van der Waals surface area contributed by atoms with Crippen LogP contribution in [0.25, 0.3) is 5.69 Å². The molecule has 2 atom stereocenters. The molecule has 0 saturated carbocycles. The number of aryl methyl sites for hydroxylation is 1. The molecule has 0 radical (unpaired) electrons. The Hall–Kier alpha value is -2.70. The second kappa shape index (κ2) is 6.66. The predicted octanol–water partition coefficient (Wildman–Crippen LogP) is 2.65. The van der Waals surface area contributed by atoms with Crippen molar-refractivity contribution in [2.45, 2.75) is 32.7 Å². The lowest BCUT2D eigenvalue weighted by Crippen LogP contribution is -2.47. The maximum atomic E-state index is 13.1. The number of amides is 1. The number of nitrogens with zero attached hydrogens (tertiary/aromatic N) is 3. The van der Waals surface area contributed by atoms with Crippen LogP contribution in [-0.2, 0) is 4.79 Å². The van der Waals surface area contributed by atoms with Crippen LogP contribution in [0, 0.1) is 18.7 Å². The van der Waals surface area contributed by atoms with Crippen molar-refractivity contribution in [3.8, 4) is 5.69 Å². The Kier molecular flexibility index (Phi) is 4.57. The number of halogens is 1. The molecule has 7 heteroatoms. The summed E-state index contributed by atoms with van der Waals surface area (Å²) in [6.07, 6.45) is 2.94. The molecule has 3 rings (SSSR count). The van der Waals surface area contributed by atoms with Gasteiger partial charge in [0.05, 0.1) is 11.6 Å². The minimum atomic E-state index is -0.877. The quantitative estimate of drug-likeness (QED) is 0.928. The molecule has 0 aliphatic carbocycles. The first-order valence-electron chi connectivity index (χ1n) is 8.23. The Labute approximate surface area is 144 Å². The lowest BCUT2D eigenvalue weighted by molar-refractivity contribution is -0.143. The van der Waals surface area contributed by atoms with Crippen LogP contribution in [0.4, 0.5) is 4.39 Å². The topological polar surface area (TPSA) is 75.4 Å². The molecule has 1 fully saturated rings. The van der Waals surface area contributed by atoms with Crippen molar-refractivity contribution in [2.75, 3.05) is 6.54 Å². The average Bonchev–Trinajstić information content (AvgIpc) is 2.97. The van der Waals surface area contributed by atoms with Crippen LogP contribution in [-0.4, -0.2) is 44.3 Å². The Morgan fingerprint density at radius 1 is 1.24 bits per heavy atom. The van der Waals surface area contributed by atoms with Gasteiger partial charge in [-0.3, -0.25) is 9.59 Å². The third-order valence-electron chi connectivity index (χ3n) is 4.68. The Morgan fingerprint density at radius 2 is 1.92 bits per heavy atom. The van der Waals surface area contributed by atoms with E-state index < -0.39 is 11.9 Å². The zero-order valence-electron chi connectivity index (χ0n) is 14.1. The molecule has 1 aliphatic heterocycles. The highest BCUT2D eigenvalue weighted by atomic mass is 19.1. The number of likely N-dealkylation sites (tertiary alicyclic amines) is 1. The summed E-state index contributed by atoms with van der Waals surface area (Å²) in [5.74, 6) is -2.03. The maximum absolute atomic E-state index is 13.1. The summed E-state index contributed by atoms with van der Waals surface area (Å²) in [5, 5.41) is 13.6. The van der Waals surface area contributed by atoms with E-state index in [1.807, 2.05) is 6.92 Å². The average molecular weight is 345 g/mol. The summed E-state index contributed by atoms with van der Waals surface area (Å²) in [4.78, 5) is 25.7. The van der Waals surface area contributed by atoms with Crippen molar-refractivity contribution in [3.05, 3.63) is 47.5 Å². The van der Waals surface area contributed by atoms with Gasteiger partial charge in [0.2, 0.25) is 0 Å². The highest BCUT2D eigenvalue weighted by Gasteiger charge is 2.34. The summed E-state index contributed by atoms with van der Waals surface area (Å²) < 4.78 is 14.6. The fraction of sp³-hybridized carbons (Fsp3) is 0.389.